The quantitative estimate of drug-likeness (QED) is 0.727. The Hall–Kier alpha value is -0.160. The highest BCUT2D eigenvalue weighted by atomic mass is 16.7. The van der Waals surface area contributed by atoms with E-state index in [0.717, 1.165) is 38.3 Å². The van der Waals surface area contributed by atoms with Crippen LogP contribution in [0.3, 0.4) is 0 Å². The molecule has 0 aliphatic carbocycles. The minimum absolute atomic E-state index is 0.0172. The molecular weight excluding hydrogens is 304 g/mol. The SMILES string of the molecule is CC1CCC(CCC2CCC(CCC3COC(C)OC3)CO2)OC1. The molecule has 0 radical (unpaired) electrons. The van der Waals surface area contributed by atoms with Gasteiger partial charge in [0.05, 0.1) is 25.4 Å². The summed E-state index contributed by atoms with van der Waals surface area (Å²) in [7, 11) is 0. The average Bonchev–Trinajstić information content (AvgIpc) is 2.62. The van der Waals surface area contributed by atoms with Crippen molar-refractivity contribution in [3.05, 3.63) is 0 Å². The number of hydrogen-bond donors (Lipinski definition) is 0. The van der Waals surface area contributed by atoms with Crippen LogP contribution in [0.15, 0.2) is 0 Å². The number of rotatable bonds is 6. The Labute approximate surface area is 147 Å². The molecule has 4 heteroatoms. The third-order valence-electron chi connectivity index (χ3n) is 5.99. The smallest absolute Gasteiger partial charge is 0.154 e. The molecule has 0 spiro atoms. The molecule has 4 atom stereocenters. The summed E-state index contributed by atoms with van der Waals surface area (Å²) in [6.45, 7) is 7.87. The van der Waals surface area contributed by atoms with E-state index >= 15 is 0 Å². The maximum Gasteiger partial charge on any atom is 0.154 e. The van der Waals surface area contributed by atoms with Crippen LogP contribution in [-0.2, 0) is 18.9 Å². The normalized spacial score (nSPS) is 41.2. The molecule has 0 amide bonds. The summed E-state index contributed by atoms with van der Waals surface area (Å²) in [5.41, 5.74) is 0. The minimum Gasteiger partial charge on any atom is -0.378 e. The molecule has 0 aromatic rings. The van der Waals surface area contributed by atoms with Crippen LogP contribution in [0.1, 0.15) is 65.2 Å². The Balaban J connectivity index is 1.24. The second-order valence-electron chi connectivity index (χ2n) is 8.29. The molecule has 0 bridgehead atoms. The van der Waals surface area contributed by atoms with Crippen molar-refractivity contribution in [1.29, 1.82) is 0 Å². The van der Waals surface area contributed by atoms with Crippen molar-refractivity contribution in [2.75, 3.05) is 26.4 Å². The van der Waals surface area contributed by atoms with Gasteiger partial charge in [-0.05, 0) is 70.1 Å². The molecule has 3 aliphatic rings. The van der Waals surface area contributed by atoms with E-state index in [4.69, 9.17) is 18.9 Å². The van der Waals surface area contributed by atoms with E-state index in [-0.39, 0.29) is 6.29 Å². The Bertz CT molecular complexity index is 304. The van der Waals surface area contributed by atoms with Gasteiger partial charge in [0.25, 0.3) is 0 Å². The van der Waals surface area contributed by atoms with Crippen LogP contribution in [-0.4, -0.2) is 44.9 Å². The zero-order valence-electron chi connectivity index (χ0n) is 15.6. The fraction of sp³-hybridized carbons (Fsp3) is 1.00. The highest BCUT2D eigenvalue weighted by Crippen LogP contribution is 2.29. The summed E-state index contributed by atoms with van der Waals surface area (Å²) >= 11 is 0. The second-order valence-corrected chi connectivity index (χ2v) is 8.29. The predicted octanol–water partition coefficient (Wildman–Crippen LogP) is 4.17. The minimum atomic E-state index is -0.0172. The standard InChI is InChI=1S/C20H36O4/c1-15-3-7-19(23-11-15)9-10-20-8-6-17(12-24-20)4-5-18-13-21-16(2)22-14-18/h15-20H,3-14H2,1-2H3. The topological polar surface area (TPSA) is 36.9 Å². The summed E-state index contributed by atoms with van der Waals surface area (Å²) in [6.07, 6.45) is 10.8. The fourth-order valence-electron chi connectivity index (χ4n) is 4.13. The summed E-state index contributed by atoms with van der Waals surface area (Å²) in [4.78, 5) is 0. The summed E-state index contributed by atoms with van der Waals surface area (Å²) < 4.78 is 23.2. The molecule has 0 N–H and O–H groups in total. The van der Waals surface area contributed by atoms with Crippen LogP contribution in [0.5, 0.6) is 0 Å². The first kappa shape index (κ1) is 18.6. The van der Waals surface area contributed by atoms with Gasteiger partial charge in [-0.1, -0.05) is 6.92 Å². The molecule has 140 valence electrons. The van der Waals surface area contributed by atoms with Gasteiger partial charge in [0.1, 0.15) is 0 Å². The zero-order valence-corrected chi connectivity index (χ0v) is 15.6. The van der Waals surface area contributed by atoms with Crippen LogP contribution in [0, 0.1) is 17.8 Å². The van der Waals surface area contributed by atoms with E-state index in [1.165, 1.54) is 51.4 Å². The van der Waals surface area contributed by atoms with Gasteiger partial charge in [0, 0.05) is 19.1 Å². The molecular formula is C20H36O4. The van der Waals surface area contributed by atoms with Gasteiger partial charge in [-0.2, -0.15) is 0 Å². The molecule has 3 fully saturated rings. The highest BCUT2D eigenvalue weighted by Gasteiger charge is 2.26. The van der Waals surface area contributed by atoms with Gasteiger partial charge in [-0.25, -0.2) is 0 Å². The van der Waals surface area contributed by atoms with Crippen molar-refractivity contribution in [3.8, 4) is 0 Å². The van der Waals surface area contributed by atoms with E-state index in [1.807, 2.05) is 6.92 Å². The molecule has 0 aromatic carbocycles. The molecule has 3 heterocycles. The monoisotopic (exact) mass is 340 g/mol. The van der Waals surface area contributed by atoms with Gasteiger partial charge in [0.15, 0.2) is 6.29 Å². The number of hydrogen-bond acceptors (Lipinski definition) is 4. The van der Waals surface area contributed by atoms with Crippen LogP contribution in [0.4, 0.5) is 0 Å². The van der Waals surface area contributed by atoms with Crippen LogP contribution in [0.2, 0.25) is 0 Å². The molecule has 0 saturated carbocycles. The van der Waals surface area contributed by atoms with Crippen molar-refractivity contribution in [2.24, 2.45) is 17.8 Å². The predicted molar refractivity (Wildman–Crippen MR) is 93.9 cm³/mol. The van der Waals surface area contributed by atoms with E-state index in [9.17, 15) is 0 Å². The van der Waals surface area contributed by atoms with Gasteiger partial charge in [-0.3, -0.25) is 0 Å². The molecule has 3 aliphatic heterocycles. The van der Waals surface area contributed by atoms with Gasteiger partial charge >= 0.3 is 0 Å². The third kappa shape index (κ3) is 5.98. The largest absolute Gasteiger partial charge is 0.378 e. The lowest BCUT2D eigenvalue weighted by Crippen LogP contribution is -2.32. The first-order valence-electron chi connectivity index (χ1n) is 10.2. The van der Waals surface area contributed by atoms with Crippen molar-refractivity contribution >= 4 is 0 Å². The zero-order chi connectivity index (χ0) is 16.8. The van der Waals surface area contributed by atoms with Gasteiger partial charge in [0.2, 0.25) is 0 Å². The Morgan fingerprint density at radius 3 is 1.75 bits per heavy atom. The maximum atomic E-state index is 6.14. The molecule has 4 unspecified atom stereocenters. The van der Waals surface area contributed by atoms with Gasteiger partial charge < -0.3 is 18.9 Å². The first-order chi connectivity index (χ1) is 11.7. The van der Waals surface area contributed by atoms with E-state index < -0.39 is 0 Å². The van der Waals surface area contributed by atoms with E-state index in [1.54, 1.807) is 0 Å². The van der Waals surface area contributed by atoms with Crippen LogP contribution < -0.4 is 0 Å². The van der Waals surface area contributed by atoms with Crippen molar-refractivity contribution < 1.29 is 18.9 Å². The van der Waals surface area contributed by atoms with Crippen molar-refractivity contribution in [1.82, 2.24) is 0 Å². The average molecular weight is 341 g/mol. The number of ether oxygens (including phenoxy) is 4. The molecule has 3 saturated heterocycles. The third-order valence-corrected chi connectivity index (χ3v) is 5.99. The van der Waals surface area contributed by atoms with Crippen molar-refractivity contribution in [2.45, 2.75) is 83.7 Å². The summed E-state index contributed by atoms with van der Waals surface area (Å²) in [5.74, 6) is 2.05. The lowest BCUT2D eigenvalue weighted by atomic mass is 9.89. The first-order valence-corrected chi connectivity index (χ1v) is 10.2. The van der Waals surface area contributed by atoms with Crippen molar-refractivity contribution in [3.63, 3.8) is 0 Å². The van der Waals surface area contributed by atoms with Crippen LogP contribution >= 0.6 is 0 Å². The Morgan fingerprint density at radius 2 is 1.17 bits per heavy atom. The summed E-state index contributed by atoms with van der Waals surface area (Å²) in [5, 5.41) is 0. The summed E-state index contributed by atoms with van der Waals surface area (Å²) in [6, 6.07) is 0. The van der Waals surface area contributed by atoms with E-state index in [0.29, 0.717) is 18.1 Å². The lowest BCUT2D eigenvalue weighted by molar-refractivity contribution is -0.191. The van der Waals surface area contributed by atoms with E-state index in [2.05, 4.69) is 6.92 Å². The molecule has 4 nitrogen and oxygen atoms in total. The molecule has 0 aromatic heterocycles. The fourth-order valence-corrected chi connectivity index (χ4v) is 4.13. The maximum absolute atomic E-state index is 6.14. The molecule has 3 rings (SSSR count). The Morgan fingerprint density at radius 1 is 0.583 bits per heavy atom. The lowest BCUT2D eigenvalue weighted by Gasteiger charge is -2.33. The molecule has 24 heavy (non-hydrogen) atoms. The van der Waals surface area contributed by atoms with Crippen LogP contribution in [0.25, 0.3) is 0 Å². The highest BCUT2D eigenvalue weighted by molar-refractivity contribution is 4.75. The second kappa shape index (κ2) is 9.51. The Kier molecular flexibility index (Phi) is 7.38. The van der Waals surface area contributed by atoms with Gasteiger partial charge in [-0.15, -0.1) is 0 Å².